The van der Waals surface area contributed by atoms with Crippen molar-refractivity contribution in [2.75, 3.05) is 14.2 Å². The van der Waals surface area contributed by atoms with E-state index in [1.165, 1.54) is 6.20 Å². The second-order valence-electron chi connectivity index (χ2n) is 5.13. The lowest BCUT2D eigenvalue weighted by Crippen LogP contribution is -2.33. The van der Waals surface area contributed by atoms with E-state index < -0.39 is 0 Å². The molecule has 0 atom stereocenters. The highest BCUT2D eigenvalue weighted by Gasteiger charge is 2.34. The molecule has 2 aromatic rings. The van der Waals surface area contributed by atoms with Gasteiger partial charge in [-0.05, 0) is 31.0 Å². The predicted octanol–water partition coefficient (Wildman–Crippen LogP) is 2.36. The predicted molar refractivity (Wildman–Crippen MR) is 82.4 cm³/mol. The summed E-state index contributed by atoms with van der Waals surface area (Å²) in [4.78, 5) is 14.4. The lowest BCUT2D eigenvalue weighted by Gasteiger charge is -2.23. The molecule has 1 aliphatic carbocycles. The number of methoxy groups -OCH3 is 2. The van der Waals surface area contributed by atoms with Gasteiger partial charge in [-0.15, -0.1) is 0 Å². The molecule has 1 aromatic heterocycles. The molecule has 1 aromatic carbocycles. The van der Waals surface area contributed by atoms with E-state index in [2.05, 4.69) is 8.75 Å². The molecule has 0 aliphatic heterocycles. The maximum absolute atomic E-state index is 12.6. The van der Waals surface area contributed by atoms with Crippen LogP contribution < -0.4 is 9.47 Å². The first kappa shape index (κ1) is 14.8. The van der Waals surface area contributed by atoms with Crippen molar-refractivity contribution in [3.63, 3.8) is 0 Å². The number of nitrogens with zero attached hydrogens (tertiary/aromatic N) is 3. The number of carbonyl (C=O) groups excluding carboxylic acids is 1. The van der Waals surface area contributed by atoms with Gasteiger partial charge < -0.3 is 14.4 Å². The van der Waals surface area contributed by atoms with E-state index in [0.717, 1.165) is 41.6 Å². The van der Waals surface area contributed by atoms with Crippen molar-refractivity contribution < 1.29 is 14.3 Å². The maximum Gasteiger partial charge on any atom is 0.275 e. The lowest BCUT2D eigenvalue weighted by molar-refractivity contribution is 0.0723. The normalized spacial score (nSPS) is 13.7. The summed E-state index contributed by atoms with van der Waals surface area (Å²) in [6.07, 6.45) is 3.57. The van der Waals surface area contributed by atoms with Crippen LogP contribution in [0.2, 0.25) is 0 Å². The summed E-state index contributed by atoms with van der Waals surface area (Å²) in [6.45, 7) is 0.474. The number of ether oxygens (including phenoxy) is 2. The van der Waals surface area contributed by atoms with Crippen LogP contribution in [0.3, 0.4) is 0 Å². The van der Waals surface area contributed by atoms with Crippen LogP contribution in [0.1, 0.15) is 28.9 Å². The van der Waals surface area contributed by atoms with Gasteiger partial charge in [0.15, 0.2) is 5.69 Å². The van der Waals surface area contributed by atoms with Crippen LogP contribution in [0.15, 0.2) is 24.4 Å². The molecule has 116 valence electrons. The summed E-state index contributed by atoms with van der Waals surface area (Å²) >= 11 is 1.05. The van der Waals surface area contributed by atoms with Crippen molar-refractivity contribution >= 4 is 17.6 Å². The van der Waals surface area contributed by atoms with Crippen LogP contribution in [0.25, 0.3) is 0 Å². The van der Waals surface area contributed by atoms with Crippen LogP contribution in [0.5, 0.6) is 11.5 Å². The summed E-state index contributed by atoms with van der Waals surface area (Å²) in [5.74, 6) is 1.41. The summed E-state index contributed by atoms with van der Waals surface area (Å²) in [6, 6.07) is 5.87. The standard InChI is InChI=1S/C15H17N3O3S/c1-20-12-5-6-14(21-2)10(7-12)9-18(11-3-4-11)15(19)13-8-16-22-17-13/h5-8,11H,3-4,9H2,1-2H3. The van der Waals surface area contributed by atoms with Crippen molar-refractivity contribution in [3.8, 4) is 11.5 Å². The quantitative estimate of drug-likeness (QED) is 0.818. The first-order chi connectivity index (χ1) is 10.7. The van der Waals surface area contributed by atoms with Crippen LogP contribution in [-0.2, 0) is 6.54 Å². The second kappa shape index (κ2) is 6.31. The Kier molecular flexibility index (Phi) is 4.24. The second-order valence-corrected chi connectivity index (χ2v) is 5.69. The van der Waals surface area contributed by atoms with Crippen LogP contribution in [-0.4, -0.2) is 39.8 Å². The minimum atomic E-state index is -0.0823. The molecule has 0 radical (unpaired) electrons. The van der Waals surface area contributed by atoms with Gasteiger partial charge in [0.2, 0.25) is 0 Å². The number of amides is 1. The molecule has 22 heavy (non-hydrogen) atoms. The Hall–Kier alpha value is -2.15. The van der Waals surface area contributed by atoms with Crippen LogP contribution >= 0.6 is 11.7 Å². The fraction of sp³-hybridized carbons (Fsp3) is 0.400. The van der Waals surface area contributed by atoms with Crippen molar-refractivity contribution in [2.24, 2.45) is 0 Å². The zero-order valence-corrected chi connectivity index (χ0v) is 13.3. The zero-order valence-electron chi connectivity index (χ0n) is 12.5. The highest BCUT2D eigenvalue weighted by Crippen LogP contribution is 2.32. The van der Waals surface area contributed by atoms with Crippen molar-refractivity contribution in [3.05, 3.63) is 35.7 Å². The van der Waals surface area contributed by atoms with Gasteiger partial charge in [0.25, 0.3) is 5.91 Å². The Labute approximate surface area is 133 Å². The fourth-order valence-corrected chi connectivity index (χ4v) is 2.76. The Bertz CT molecular complexity index is 656. The molecule has 0 spiro atoms. The third-order valence-electron chi connectivity index (χ3n) is 3.66. The van der Waals surface area contributed by atoms with Gasteiger partial charge in [-0.2, -0.15) is 8.75 Å². The van der Waals surface area contributed by atoms with E-state index >= 15 is 0 Å². The molecule has 0 unspecified atom stereocenters. The summed E-state index contributed by atoms with van der Waals surface area (Å²) in [5, 5.41) is 0. The third-order valence-corrected chi connectivity index (χ3v) is 4.14. The Morgan fingerprint density at radius 3 is 2.77 bits per heavy atom. The summed E-state index contributed by atoms with van der Waals surface area (Å²) in [5.41, 5.74) is 1.32. The van der Waals surface area contributed by atoms with Gasteiger partial charge >= 0.3 is 0 Å². The van der Waals surface area contributed by atoms with Crippen molar-refractivity contribution in [1.29, 1.82) is 0 Å². The van der Waals surface area contributed by atoms with Gasteiger partial charge in [-0.1, -0.05) is 0 Å². The van der Waals surface area contributed by atoms with Crippen molar-refractivity contribution in [2.45, 2.75) is 25.4 Å². The first-order valence-electron chi connectivity index (χ1n) is 7.02. The largest absolute Gasteiger partial charge is 0.497 e. The molecule has 1 fully saturated rings. The molecule has 7 heteroatoms. The Morgan fingerprint density at radius 2 is 2.18 bits per heavy atom. The highest BCUT2D eigenvalue weighted by atomic mass is 32.1. The van der Waals surface area contributed by atoms with Gasteiger partial charge in [0, 0.05) is 11.6 Å². The molecule has 6 nitrogen and oxygen atoms in total. The average Bonchev–Trinajstić information content (AvgIpc) is 3.24. The van der Waals surface area contributed by atoms with Gasteiger partial charge in [0.05, 0.1) is 38.7 Å². The van der Waals surface area contributed by atoms with E-state index in [4.69, 9.17) is 9.47 Å². The third kappa shape index (κ3) is 3.04. The van der Waals surface area contributed by atoms with E-state index in [-0.39, 0.29) is 11.9 Å². The molecule has 1 amide bonds. The van der Waals surface area contributed by atoms with Gasteiger partial charge in [-0.25, -0.2) is 0 Å². The van der Waals surface area contributed by atoms with Crippen molar-refractivity contribution in [1.82, 2.24) is 13.6 Å². The Balaban J connectivity index is 1.86. The van der Waals surface area contributed by atoms with E-state index in [9.17, 15) is 4.79 Å². The molecule has 3 rings (SSSR count). The van der Waals surface area contributed by atoms with Crippen LogP contribution in [0.4, 0.5) is 0 Å². The van der Waals surface area contributed by atoms with E-state index in [1.807, 2.05) is 23.1 Å². The number of rotatable bonds is 6. The molecule has 1 aliphatic rings. The number of benzene rings is 1. The number of aromatic nitrogens is 2. The van der Waals surface area contributed by atoms with Gasteiger partial charge in [0.1, 0.15) is 11.5 Å². The number of hydrogen-bond acceptors (Lipinski definition) is 6. The minimum Gasteiger partial charge on any atom is -0.497 e. The SMILES string of the molecule is COc1ccc(OC)c(CN(C(=O)c2cnsn2)C2CC2)c1. The molecule has 0 N–H and O–H groups in total. The van der Waals surface area contributed by atoms with Crippen LogP contribution in [0, 0.1) is 0 Å². The summed E-state index contributed by atoms with van der Waals surface area (Å²) < 4.78 is 18.6. The van der Waals surface area contributed by atoms with E-state index in [0.29, 0.717) is 12.2 Å². The van der Waals surface area contributed by atoms with E-state index in [1.54, 1.807) is 14.2 Å². The Morgan fingerprint density at radius 1 is 1.36 bits per heavy atom. The summed E-state index contributed by atoms with van der Waals surface area (Å²) in [7, 11) is 3.25. The monoisotopic (exact) mass is 319 g/mol. The molecule has 1 saturated carbocycles. The zero-order chi connectivity index (χ0) is 15.5. The topological polar surface area (TPSA) is 64.6 Å². The number of carbonyl (C=O) groups is 1. The molecular formula is C15H17N3O3S. The average molecular weight is 319 g/mol. The minimum absolute atomic E-state index is 0.0823. The highest BCUT2D eigenvalue weighted by molar-refractivity contribution is 6.99. The molecular weight excluding hydrogens is 302 g/mol. The van der Waals surface area contributed by atoms with Gasteiger partial charge in [-0.3, -0.25) is 4.79 Å². The maximum atomic E-state index is 12.6. The lowest BCUT2D eigenvalue weighted by atomic mass is 10.1. The first-order valence-corrected chi connectivity index (χ1v) is 7.75. The molecule has 0 bridgehead atoms. The number of hydrogen-bond donors (Lipinski definition) is 0. The molecule has 0 saturated heterocycles. The smallest absolute Gasteiger partial charge is 0.275 e. The fourth-order valence-electron chi connectivity index (χ4n) is 2.35. The molecule has 1 heterocycles.